The Bertz CT molecular complexity index is 602. The highest BCUT2D eigenvalue weighted by atomic mass is 127. The van der Waals surface area contributed by atoms with E-state index in [1.165, 1.54) is 11.3 Å². The van der Waals surface area contributed by atoms with E-state index in [1.807, 2.05) is 24.4 Å². The summed E-state index contributed by atoms with van der Waals surface area (Å²) in [5.74, 6) is 0.732. The first-order valence-electron chi connectivity index (χ1n) is 9.09. The molecular formula is C18H29IN4O3S. The van der Waals surface area contributed by atoms with Crippen LogP contribution < -0.4 is 10.6 Å². The molecule has 1 aromatic rings. The molecule has 0 bridgehead atoms. The van der Waals surface area contributed by atoms with Crippen molar-refractivity contribution in [3.63, 3.8) is 0 Å². The van der Waals surface area contributed by atoms with Crippen molar-refractivity contribution in [2.24, 2.45) is 10.9 Å². The molecule has 0 aliphatic carbocycles. The number of aliphatic imine (C=N–C) groups is 1. The van der Waals surface area contributed by atoms with Crippen LogP contribution in [0.25, 0.3) is 0 Å². The molecule has 0 radical (unpaired) electrons. The zero-order chi connectivity index (χ0) is 18.8. The lowest BCUT2D eigenvalue weighted by Crippen LogP contribution is -2.47. The number of nitrogens with one attached hydrogen (secondary N) is 2. The van der Waals surface area contributed by atoms with Gasteiger partial charge in [0, 0.05) is 33.2 Å². The van der Waals surface area contributed by atoms with Crippen LogP contribution >= 0.6 is 35.3 Å². The second kappa shape index (κ2) is 12.9. The predicted molar refractivity (Wildman–Crippen MR) is 119 cm³/mol. The number of nitrogens with zero attached hydrogens (tertiary/aromatic N) is 2. The van der Waals surface area contributed by atoms with Gasteiger partial charge in [0.15, 0.2) is 5.96 Å². The minimum Gasteiger partial charge on any atom is -0.466 e. The Morgan fingerprint density at radius 2 is 2.00 bits per heavy atom. The summed E-state index contributed by atoms with van der Waals surface area (Å²) in [6.07, 6.45) is 2.39. The third-order valence-corrected chi connectivity index (χ3v) is 5.16. The van der Waals surface area contributed by atoms with E-state index in [-0.39, 0.29) is 41.8 Å². The SMILES string of the molecule is CCOC(=O)C1CCN(C(=NC)NCCCNC(=O)c2cccs2)CC1.I. The molecule has 2 rings (SSSR count). The number of thiophene rings is 1. The number of piperidine rings is 1. The number of amides is 1. The molecule has 27 heavy (non-hydrogen) atoms. The minimum absolute atomic E-state index is 0. The van der Waals surface area contributed by atoms with Crippen molar-refractivity contribution in [3.8, 4) is 0 Å². The Labute approximate surface area is 182 Å². The monoisotopic (exact) mass is 508 g/mol. The van der Waals surface area contributed by atoms with E-state index in [2.05, 4.69) is 20.5 Å². The van der Waals surface area contributed by atoms with Crippen molar-refractivity contribution in [1.82, 2.24) is 15.5 Å². The number of esters is 1. The molecule has 1 aliphatic rings. The van der Waals surface area contributed by atoms with Crippen LogP contribution in [0.5, 0.6) is 0 Å². The fraction of sp³-hybridized carbons (Fsp3) is 0.611. The molecule has 1 aromatic heterocycles. The summed E-state index contributed by atoms with van der Waals surface area (Å²) in [6, 6.07) is 3.69. The molecule has 1 amide bonds. The van der Waals surface area contributed by atoms with Crippen LogP contribution in [0.4, 0.5) is 0 Å². The van der Waals surface area contributed by atoms with Crippen LogP contribution in [-0.2, 0) is 9.53 Å². The fourth-order valence-corrected chi connectivity index (χ4v) is 3.54. The predicted octanol–water partition coefficient (Wildman–Crippen LogP) is 2.34. The second-order valence-corrected chi connectivity index (χ2v) is 7.02. The van der Waals surface area contributed by atoms with Gasteiger partial charge in [-0.1, -0.05) is 6.07 Å². The Morgan fingerprint density at radius 3 is 2.59 bits per heavy atom. The smallest absolute Gasteiger partial charge is 0.309 e. The number of hydrogen-bond donors (Lipinski definition) is 2. The van der Waals surface area contributed by atoms with Crippen LogP contribution in [-0.4, -0.2) is 62.6 Å². The molecule has 0 aromatic carbocycles. The van der Waals surface area contributed by atoms with Gasteiger partial charge in [-0.15, -0.1) is 35.3 Å². The lowest BCUT2D eigenvalue weighted by molar-refractivity contribution is -0.149. The number of carbonyl (C=O) groups excluding carboxylic acids is 2. The average molecular weight is 508 g/mol. The van der Waals surface area contributed by atoms with Crippen LogP contribution in [0.3, 0.4) is 0 Å². The van der Waals surface area contributed by atoms with Crippen molar-refractivity contribution in [2.75, 3.05) is 39.8 Å². The van der Waals surface area contributed by atoms with E-state index in [0.717, 1.165) is 49.7 Å². The third kappa shape index (κ3) is 7.65. The standard InChI is InChI=1S/C18H28N4O3S.HI/c1-3-25-17(24)14-7-11-22(12-8-14)18(19-2)21-10-5-9-20-16(23)15-6-4-13-26-15;/h4,6,13-14H,3,5,7-12H2,1-2H3,(H,19,21)(H,20,23);1H. The molecule has 0 saturated carbocycles. The average Bonchev–Trinajstić information content (AvgIpc) is 3.20. The molecule has 1 aliphatic heterocycles. The van der Waals surface area contributed by atoms with Gasteiger partial charge in [-0.3, -0.25) is 14.6 Å². The molecule has 9 heteroatoms. The highest BCUT2D eigenvalue weighted by Crippen LogP contribution is 2.18. The number of likely N-dealkylation sites (tertiary alicyclic amines) is 1. The van der Waals surface area contributed by atoms with Crippen molar-refractivity contribution >= 4 is 53.1 Å². The van der Waals surface area contributed by atoms with Crippen LogP contribution in [0.15, 0.2) is 22.5 Å². The van der Waals surface area contributed by atoms with Gasteiger partial charge in [-0.2, -0.15) is 0 Å². The van der Waals surface area contributed by atoms with E-state index < -0.39 is 0 Å². The van der Waals surface area contributed by atoms with Gasteiger partial charge >= 0.3 is 5.97 Å². The third-order valence-electron chi connectivity index (χ3n) is 4.29. The first-order chi connectivity index (χ1) is 12.7. The second-order valence-electron chi connectivity index (χ2n) is 6.07. The van der Waals surface area contributed by atoms with Crippen LogP contribution in [0, 0.1) is 5.92 Å². The van der Waals surface area contributed by atoms with E-state index in [0.29, 0.717) is 13.2 Å². The molecule has 2 heterocycles. The number of rotatable bonds is 7. The highest BCUT2D eigenvalue weighted by molar-refractivity contribution is 14.0. The van der Waals surface area contributed by atoms with E-state index in [4.69, 9.17) is 4.74 Å². The molecule has 152 valence electrons. The first-order valence-corrected chi connectivity index (χ1v) is 9.97. The Balaban J connectivity index is 0.00000364. The van der Waals surface area contributed by atoms with Gasteiger partial charge in [0.1, 0.15) is 0 Å². The summed E-state index contributed by atoms with van der Waals surface area (Å²) in [5.41, 5.74) is 0. The van der Waals surface area contributed by atoms with Gasteiger partial charge in [0.25, 0.3) is 5.91 Å². The van der Waals surface area contributed by atoms with Crippen LogP contribution in [0.2, 0.25) is 0 Å². The molecular weight excluding hydrogens is 479 g/mol. The van der Waals surface area contributed by atoms with Crippen molar-refractivity contribution < 1.29 is 14.3 Å². The lowest BCUT2D eigenvalue weighted by Gasteiger charge is -2.33. The number of carbonyl (C=O) groups is 2. The Hall–Kier alpha value is -1.36. The van der Waals surface area contributed by atoms with Gasteiger partial charge in [0.05, 0.1) is 17.4 Å². The van der Waals surface area contributed by atoms with Crippen molar-refractivity contribution in [3.05, 3.63) is 22.4 Å². The Kier molecular flexibility index (Phi) is 11.3. The summed E-state index contributed by atoms with van der Waals surface area (Å²) in [5, 5.41) is 8.14. The van der Waals surface area contributed by atoms with Gasteiger partial charge < -0.3 is 20.3 Å². The first kappa shape index (κ1) is 23.7. The molecule has 0 spiro atoms. The van der Waals surface area contributed by atoms with Crippen LogP contribution in [0.1, 0.15) is 35.9 Å². The summed E-state index contributed by atoms with van der Waals surface area (Å²) < 4.78 is 5.10. The largest absolute Gasteiger partial charge is 0.466 e. The number of halogens is 1. The zero-order valence-electron chi connectivity index (χ0n) is 15.9. The maximum Gasteiger partial charge on any atom is 0.309 e. The van der Waals surface area contributed by atoms with E-state index in [9.17, 15) is 9.59 Å². The summed E-state index contributed by atoms with van der Waals surface area (Å²) >= 11 is 1.44. The normalized spacial score (nSPS) is 15.0. The van der Waals surface area contributed by atoms with Gasteiger partial charge in [-0.25, -0.2) is 0 Å². The van der Waals surface area contributed by atoms with Gasteiger partial charge in [0.2, 0.25) is 0 Å². The molecule has 1 fully saturated rings. The molecule has 7 nitrogen and oxygen atoms in total. The highest BCUT2D eigenvalue weighted by Gasteiger charge is 2.27. The molecule has 1 saturated heterocycles. The Morgan fingerprint density at radius 1 is 1.30 bits per heavy atom. The maximum atomic E-state index is 11.8. The van der Waals surface area contributed by atoms with E-state index in [1.54, 1.807) is 7.05 Å². The summed E-state index contributed by atoms with van der Waals surface area (Å²) in [4.78, 5) is 30.9. The van der Waals surface area contributed by atoms with Crippen molar-refractivity contribution in [1.29, 1.82) is 0 Å². The fourth-order valence-electron chi connectivity index (χ4n) is 2.90. The summed E-state index contributed by atoms with van der Waals surface area (Å²) in [7, 11) is 1.76. The molecule has 0 atom stereocenters. The molecule has 0 unspecified atom stereocenters. The topological polar surface area (TPSA) is 83.0 Å². The number of guanidine groups is 1. The minimum atomic E-state index is -0.0865. The lowest BCUT2D eigenvalue weighted by atomic mass is 9.97. The summed E-state index contributed by atoms with van der Waals surface area (Å²) in [6.45, 7) is 5.20. The molecule has 2 N–H and O–H groups in total. The number of hydrogen-bond acceptors (Lipinski definition) is 5. The number of ether oxygens (including phenoxy) is 1. The zero-order valence-corrected chi connectivity index (χ0v) is 19.0. The quantitative estimate of drug-likeness (QED) is 0.194. The van der Waals surface area contributed by atoms with Gasteiger partial charge in [-0.05, 0) is 37.6 Å². The van der Waals surface area contributed by atoms with E-state index >= 15 is 0 Å². The maximum absolute atomic E-state index is 11.8. The van der Waals surface area contributed by atoms with Crippen molar-refractivity contribution in [2.45, 2.75) is 26.2 Å².